The Morgan fingerprint density at radius 2 is 1.63 bits per heavy atom. The Morgan fingerprint density at radius 1 is 0.889 bits per heavy atom. The van der Waals surface area contributed by atoms with Gasteiger partial charge in [-0.15, -0.1) is 0 Å². The molecule has 0 saturated carbocycles. The van der Waals surface area contributed by atoms with Crippen molar-refractivity contribution in [2.24, 2.45) is 4.99 Å². The highest BCUT2D eigenvalue weighted by Crippen LogP contribution is 2.26. The minimum atomic E-state index is -0.0835. The van der Waals surface area contributed by atoms with Crippen molar-refractivity contribution in [3.05, 3.63) is 105 Å². The van der Waals surface area contributed by atoms with E-state index in [2.05, 4.69) is 36.4 Å². The fraction of sp³-hybridized carbons (Fsp3) is 0.130. The number of halogens is 2. The van der Waals surface area contributed by atoms with Crippen molar-refractivity contribution in [2.45, 2.75) is 18.9 Å². The number of fused-ring (bicyclic) bond motifs is 1. The summed E-state index contributed by atoms with van der Waals surface area (Å²) in [4.78, 5) is 6.06. The molecule has 1 atom stereocenters. The van der Waals surface area contributed by atoms with E-state index in [-0.39, 0.29) is 6.04 Å². The van der Waals surface area contributed by atoms with Gasteiger partial charge in [0.1, 0.15) is 0 Å². The van der Waals surface area contributed by atoms with Crippen LogP contribution in [0.15, 0.2) is 77.8 Å². The van der Waals surface area contributed by atoms with Gasteiger partial charge in [0.05, 0.1) is 21.8 Å². The number of hydrogen-bond acceptors (Lipinski definition) is 2. The first-order valence-corrected chi connectivity index (χ1v) is 9.96. The van der Waals surface area contributed by atoms with E-state index in [0.29, 0.717) is 16.5 Å². The SMILES string of the molecule is S=C1Cc2ccccc2C(c2ccccc2)=NC1Cc1ccc(Cl)c(Cl)c1. The summed E-state index contributed by atoms with van der Waals surface area (Å²) >= 11 is 18.0. The molecule has 27 heavy (non-hydrogen) atoms. The van der Waals surface area contributed by atoms with E-state index < -0.39 is 0 Å². The molecule has 3 aromatic rings. The van der Waals surface area contributed by atoms with Crippen LogP contribution in [0, 0.1) is 0 Å². The summed E-state index contributed by atoms with van der Waals surface area (Å²) in [5.41, 5.74) is 5.56. The Kier molecular flexibility index (Phi) is 5.40. The third kappa shape index (κ3) is 3.98. The number of aliphatic imine (C=N–C) groups is 1. The molecule has 134 valence electrons. The first-order valence-electron chi connectivity index (χ1n) is 8.80. The normalized spacial score (nSPS) is 16.4. The Morgan fingerprint density at radius 3 is 2.41 bits per heavy atom. The highest BCUT2D eigenvalue weighted by atomic mass is 35.5. The molecule has 1 nitrogen and oxygen atoms in total. The van der Waals surface area contributed by atoms with Crippen LogP contribution in [-0.2, 0) is 12.8 Å². The Labute approximate surface area is 174 Å². The van der Waals surface area contributed by atoms with E-state index in [1.807, 2.05) is 36.4 Å². The van der Waals surface area contributed by atoms with Gasteiger partial charge in [0.15, 0.2) is 0 Å². The second-order valence-electron chi connectivity index (χ2n) is 6.61. The summed E-state index contributed by atoms with van der Waals surface area (Å²) in [6.07, 6.45) is 1.46. The van der Waals surface area contributed by atoms with Crippen molar-refractivity contribution in [2.75, 3.05) is 0 Å². The molecule has 0 spiro atoms. The van der Waals surface area contributed by atoms with Gasteiger partial charge in [-0.05, 0) is 29.7 Å². The quantitative estimate of drug-likeness (QED) is 0.457. The molecule has 0 amide bonds. The minimum Gasteiger partial charge on any atom is -0.275 e. The van der Waals surface area contributed by atoms with Gasteiger partial charge in [0.25, 0.3) is 0 Å². The predicted octanol–water partition coefficient (Wildman–Crippen LogP) is 6.37. The smallest absolute Gasteiger partial charge is 0.0862 e. The fourth-order valence-electron chi connectivity index (χ4n) is 3.38. The van der Waals surface area contributed by atoms with E-state index in [0.717, 1.165) is 33.7 Å². The van der Waals surface area contributed by atoms with E-state index in [1.165, 1.54) is 5.56 Å². The molecule has 0 aromatic heterocycles. The number of nitrogens with zero attached hydrogens (tertiary/aromatic N) is 1. The Balaban J connectivity index is 1.78. The van der Waals surface area contributed by atoms with Gasteiger partial charge >= 0.3 is 0 Å². The summed E-state index contributed by atoms with van der Waals surface area (Å²) in [6, 6.07) is 24.3. The topological polar surface area (TPSA) is 12.4 Å². The summed E-state index contributed by atoms with van der Waals surface area (Å²) in [5, 5.41) is 1.12. The average Bonchev–Trinajstić information content (AvgIpc) is 2.82. The van der Waals surface area contributed by atoms with Crippen LogP contribution in [0.25, 0.3) is 0 Å². The maximum atomic E-state index is 6.20. The van der Waals surface area contributed by atoms with Crippen molar-refractivity contribution in [1.29, 1.82) is 0 Å². The zero-order chi connectivity index (χ0) is 18.8. The molecule has 3 aromatic carbocycles. The third-order valence-electron chi connectivity index (χ3n) is 4.75. The molecule has 1 aliphatic rings. The molecular formula is C23H17Cl2NS. The number of benzene rings is 3. The molecule has 4 heteroatoms. The molecule has 0 radical (unpaired) electrons. The zero-order valence-corrected chi connectivity index (χ0v) is 16.9. The van der Waals surface area contributed by atoms with Crippen molar-refractivity contribution in [1.82, 2.24) is 0 Å². The summed E-state index contributed by atoms with van der Waals surface area (Å²) in [5.74, 6) is 0. The molecule has 0 fully saturated rings. The highest BCUT2D eigenvalue weighted by molar-refractivity contribution is 7.80. The van der Waals surface area contributed by atoms with Crippen LogP contribution >= 0.6 is 35.4 Å². The van der Waals surface area contributed by atoms with Gasteiger partial charge in [-0.1, -0.05) is 96.1 Å². The van der Waals surface area contributed by atoms with Crippen LogP contribution in [0.3, 0.4) is 0 Å². The van der Waals surface area contributed by atoms with Crippen LogP contribution in [0.2, 0.25) is 10.0 Å². The summed E-state index contributed by atoms with van der Waals surface area (Å²) in [7, 11) is 0. The van der Waals surface area contributed by atoms with Crippen LogP contribution in [0.4, 0.5) is 0 Å². The zero-order valence-electron chi connectivity index (χ0n) is 14.5. The predicted molar refractivity (Wildman–Crippen MR) is 119 cm³/mol. The van der Waals surface area contributed by atoms with Crippen molar-refractivity contribution in [3.63, 3.8) is 0 Å². The molecule has 0 saturated heterocycles. The molecule has 1 unspecified atom stereocenters. The largest absolute Gasteiger partial charge is 0.275 e. The first kappa shape index (κ1) is 18.4. The lowest BCUT2D eigenvalue weighted by atomic mass is 9.95. The van der Waals surface area contributed by atoms with E-state index in [4.69, 9.17) is 40.4 Å². The van der Waals surface area contributed by atoms with E-state index in [1.54, 1.807) is 0 Å². The molecule has 0 bridgehead atoms. The second kappa shape index (κ2) is 7.93. The molecular weight excluding hydrogens is 393 g/mol. The van der Waals surface area contributed by atoms with Gasteiger partial charge < -0.3 is 0 Å². The van der Waals surface area contributed by atoms with Crippen molar-refractivity contribution in [3.8, 4) is 0 Å². The van der Waals surface area contributed by atoms with Crippen LogP contribution < -0.4 is 0 Å². The summed E-state index contributed by atoms with van der Waals surface area (Å²) in [6.45, 7) is 0. The lowest BCUT2D eigenvalue weighted by molar-refractivity contribution is 0.854. The van der Waals surface area contributed by atoms with Gasteiger partial charge in [-0.3, -0.25) is 4.99 Å². The van der Waals surface area contributed by atoms with Crippen LogP contribution in [0.1, 0.15) is 22.3 Å². The van der Waals surface area contributed by atoms with Crippen molar-refractivity contribution < 1.29 is 0 Å². The highest BCUT2D eigenvalue weighted by Gasteiger charge is 2.23. The average molecular weight is 410 g/mol. The first-order chi connectivity index (χ1) is 13.1. The number of rotatable bonds is 3. The molecule has 0 aliphatic carbocycles. The molecule has 0 N–H and O–H groups in total. The lowest BCUT2D eigenvalue weighted by Crippen LogP contribution is -2.21. The number of hydrogen-bond donors (Lipinski definition) is 0. The van der Waals surface area contributed by atoms with Crippen molar-refractivity contribution >= 4 is 46.0 Å². The maximum Gasteiger partial charge on any atom is 0.0862 e. The van der Waals surface area contributed by atoms with Gasteiger partial charge in [0.2, 0.25) is 0 Å². The van der Waals surface area contributed by atoms with Gasteiger partial charge in [-0.25, -0.2) is 0 Å². The summed E-state index contributed by atoms with van der Waals surface area (Å²) < 4.78 is 0. The van der Waals surface area contributed by atoms with E-state index in [9.17, 15) is 0 Å². The molecule has 1 heterocycles. The van der Waals surface area contributed by atoms with Crippen LogP contribution in [-0.4, -0.2) is 16.6 Å². The minimum absolute atomic E-state index is 0.0835. The Bertz CT molecular complexity index is 1030. The maximum absolute atomic E-state index is 6.20. The van der Waals surface area contributed by atoms with Gasteiger partial charge in [-0.2, -0.15) is 0 Å². The number of thiocarbonyl (C=S) groups is 1. The standard InChI is InChI=1S/C23H17Cl2NS/c24-19-11-10-15(12-20(19)25)13-21-22(27)14-17-8-4-5-9-18(17)23(26-21)16-6-2-1-3-7-16/h1-12,21H,13-14H2. The second-order valence-corrected chi connectivity index (χ2v) is 7.95. The molecule has 4 rings (SSSR count). The monoisotopic (exact) mass is 409 g/mol. The Hall–Kier alpha value is -2.00. The fourth-order valence-corrected chi connectivity index (χ4v) is 4.00. The van der Waals surface area contributed by atoms with Gasteiger partial charge in [0, 0.05) is 22.4 Å². The third-order valence-corrected chi connectivity index (χ3v) is 5.91. The van der Waals surface area contributed by atoms with Crippen LogP contribution in [0.5, 0.6) is 0 Å². The lowest BCUT2D eigenvalue weighted by Gasteiger charge is -2.14. The van der Waals surface area contributed by atoms with E-state index >= 15 is 0 Å². The molecule has 1 aliphatic heterocycles.